The molecule has 0 amide bonds. The third-order valence-electron chi connectivity index (χ3n) is 3.98. The van der Waals surface area contributed by atoms with Gasteiger partial charge in [0.05, 0.1) is 23.2 Å². The average Bonchev–Trinajstić information content (AvgIpc) is 2.53. The van der Waals surface area contributed by atoms with E-state index in [4.69, 9.17) is 5.41 Å². The minimum Gasteiger partial charge on any atom is -0.339 e. The first kappa shape index (κ1) is 23.1. The summed E-state index contributed by atoms with van der Waals surface area (Å²) in [5.41, 5.74) is 0.549. The molecule has 0 aliphatic carbocycles. The van der Waals surface area contributed by atoms with E-state index in [1.807, 2.05) is 0 Å². The van der Waals surface area contributed by atoms with E-state index < -0.39 is 17.3 Å². The van der Waals surface area contributed by atoms with Crippen LogP contribution in [-0.4, -0.2) is 17.7 Å². The van der Waals surface area contributed by atoms with Crippen LogP contribution in [0.15, 0.2) is 65.0 Å². The number of alkyl halides is 1. The van der Waals surface area contributed by atoms with Crippen LogP contribution in [0.2, 0.25) is 0 Å². The fourth-order valence-corrected chi connectivity index (χ4v) is 2.33. The summed E-state index contributed by atoms with van der Waals surface area (Å²) < 4.78 is 41.1. The lowest BCUT2D eigenvalue weighted by Gasteiger charge is -2.15. The standard InChI is InChI=1S/C22H26F3N3/c1-8-19(13(2)9-15(4)22(6,7)25)27-12-16(5)28-21(26)20-14(3)10-17(23)11-18(20)24/h8-12H,4-5H2,1-3,6-7H3,(H2,26,28)/b13-9+,19-8-,27-12-. The number of benzene rings is 1. The van der Waals surface area contributed by atoms with Crippen LogP contribution in [0.1, 0.15) is 38.8 Å². The second kappa shape index (κ2) is 9.35. The van der Waals surface area contributed by atoms with Crippen molar-refractivity contribution in [3.05, 3.63) is 82.7 Å². The minimum atomic E-state index is -1.54. The molecule has 0 radical (unpaired) electrons. The molecule has 0 unspecified atom stereocenters. The number of nitrogens with zero attached hydrogens (tertiary/aromatic N) is 1. The summed E-state index contributed by atoms with van der Waals surface area (Å²) in [6.07, 6.45) is 4.73. The molecule has 0 aromatic heterocycles. The number of rotatable bonds is 7. The SMILES string of the molecule is C=C(\C=N/C(=C\C)C(/C)=C/C(=C)C(C)(C)F)NC(=N)c1c(C)cc(F)cc1F. The van der Waals surface area contributed by atoms with Gasteiger partial charge in [0.25, 0.3) is 0 Å². The summed E-state index contributed by atoms with van der Waals surface area (Å²) >= 11 is 0. The van der Waals surface area contributed by atoms with E-state index in [-0.39, 0.29) is 17.1 Å². The van der Waals surface area contributed by atoms with Crippen LogP contribution >= 0.6 is 0 Å². The highest BCUT2D eigenvalue weighted by atomic mass is 19.1. The predicted octanol–water partition coefficient (Wildman–Crippen LogP) is 5.93. The lowest BCUT2D eigenvalue weighted by molar-refractivity contribution is 0.274. The van der Waals surface area contributed by atoms with Crippen molar-refractivity contribution >= 4 is 12.1 Å². The number of aliphatic imine (C=N–C) groups is 1. The first-order chi connectivity index (χ1) is 12.9. The molecule has 2 N–H and O–H groups in total. The van der Waals surface area contributed by atoms with E-state index >= 15 is 0 Å². The molecule has 0 aliphatic rings. The van der Waals surface area contributed by atoms with Crippen molar-refractivity contribution in [2.75, 3.05) is 0 Å². The fraction of sp³-hybridized carbons (Fsp3) is 0.273. The molecule has 0 fully saturated rings. The molecule has 0 spiro atoms. The van der Waals surface area contributed by atoms with Gasteiger partial charge in [-0.05, 0) is 57.4 Å². The van der Waals surface area contributed by atoms with Gasteiger partial charge in [0.15, 0.2) is 0 Å². The lowest BCUT2D eigenvalue weighted by Crippen LogP contribution is -2.25. The van der Waals surface area contributed by atoms with Gasteiger partial charge in [-0.1, -0.05) is 25.3 Å². The molecule has 1 aromatic carbocycles. The van der Waals surface area contributed by atoms with Crippen LogP contribution < -0.4 is 5.32 Å². The van der Waals surface area contributed by atoms with Gasteiger partial charge in [0.1, 0.15) is 23.1 Å². The number of aryl methyl sites for hydroxylation is 1. The second-order valence-electron chi connectivity index (χ2n) is 6.86. The number of halogens is 3. The van der Waals surface area contributed by atoms with E-state index in [1.165, 1.54) is 27.0 Å². The van der Waals surface area contributed by atoms with Crippen LogP contribution in [0.3, 0.4) is 0 Å². The minimum absolute atomic E-state index is 0.0419. The Morgan fingerprint density at radius 2 is 1.86 bits per heavy atom. The number of amidine groups is 1. The zero-order valence-corrected chi connectivity index (χ0v) is 16.9. The monoisotopic (exact) mass is 389 g/mol. The molecule has 0 bridgehead atoms. The van der Waals surface area contributed by atoms with E-state index in [1.54, 1.807) is 26.0 Å². The summed E-state index contributed by atoms with van der Waals surface area (Å²) in [4.78, 5) is 4.27. The third-order valence-corrected chi connectivity index (χ3v) is 3.98. The average molecular weight is 389 g/mol. The van der Waals surface area contributed by atoms with Crippen LogP contribution in [0.25, 0.3) is 0 Å². The van der Waals surface area contributed by atoms with Gasteiger partial charge in [-0.15, -0.1) is 0 Å². The summed E-state index contributed by atoms with van der Waals surface area (Å²) in [5, 5.41) is 10.6. The van der Waals surface area contributed by atoms with E-state index in [9.17, 15) is 13.2 Å². The number of allylic oxidation sites excluding steroid dienone is 5. The maximum absolute atomic E-state index is 14.0. The maximum atomic E-state index is 14.0. The molecular formula is C22H26F3N3. The zero-order chi connectivity index (χ0) is 21.6. The predicted molar refractivity (Wildman–Crippen MR) is 111 cm³/mol. The van der Waals surface area contributed by atoms with Gasteiger partial charge in [-0.25, -0.2) is 13.2 Å². The Balaban J connectivity index is 2.92. The van der Waals surface area contributed by atoms with E-state index in [2.05, 4.69) is 23.5 Å². The Morgan fingerprint density at radius 1 is 1.25 bits per heavy atom. The number of hydrogen-bond donors (Lipinski definition) is 2. The van der Waals surface area contributed by atoms with Gasteiger partial charge in [-0.2, -0.15) is 0 Å². The summed E-state index contributed by atoms with van der Waals surface area (Å²) in [7, 11) is 0. The molecule has 0 heterocycles. The highest BCUT2D eigenvalue weighted by Gasteiger charge is 2.18. The summed E-state index contributed by atoms with van der Waals surface area (Å²) in [6, 6.07) is 1.87. The molecule has 0 saturated heterocycles. The van der Waals surface area contributed by atoms with Crippen molar-refractivity contribution < 1.29 is 13.2 Å². The van der Waals surface area contributed by atoms with Crippen molar-refractivity contribution in [1.29, 1.82) is 5.41 Å². The Kier molecular flexibility index (Phi) is 7.73. The first-order valence-corrected chi connectivity index (χ1v) is 8.64. The Labute approximate surface area is 164 Å². The second-order valence-corrected chi connectivity index (χ2v) is 6.86. The van der Waals surface area contributed by atoms with Crippen LogP contribution in [0.4, 0.5) is 13.2 Å². The molecule has 0 aliphatic heterocycles. The van der Waals surface area contributed by atoms with Gasteiger partial charge in [0, 0.05) is 6.07 Å². The van der Waals surface area contributed by atoms with Crippen LogP contribution in [0.5, 0.6) is 0 Å². The maximum Gasteiger partial charge on any atom is 0.137 e. The number of nitrogens with one attached hydrogen (secondary N) is 2. The normalized spacial score (nSPS) is 13.0. The van der Waals surface area contributed by atoms with Gasteiger partial charge >= 0.3 is 0 Å². The van der Waals surface area contributed by atoms with Crippen molar-refractivity contribution in [2.24, 2.45) is 4.99 Å². The molecule has 0 saturated carbocycles. The smallest absolute Gasteiger partial charge is 0.137 e. The van der Waals surface area contributed by atoms with E-state index in [0.29, 0.717) is 22.4 Å². The largest absolute Gasteiger partial charge is 0.339 e. The first-order valence-electron chi connectivity index (χ1n) is 8.64. The van der Waals surface area contributed by atoms with Crippen molar-refractivity contribution in [1.82, 2.24) is 5.32 Å². The molecule has 0 atom stereocenters. The molecule has 28 heavy (non-hydrogen) atoms. The molecule has 6 heteroatoms. The number of hydrogen-bond acceptors (Lipinski definition) is 2. The third kappa shape index (κ3) is 6.37. The molecule has 150 valence electrons. The summed E-state index contributed by atoms with van der Waals surface area (Å²) in [6.45, 7) is 15.4. The molecular weight excluding hydrogens is 363 g/mol. The van der Waals surface area contributed by atoms with Crippen LogP contribution in [0, 0.1) is 24.0 Å². The topological polar surface area (TPSA) is 48.2 Å². The highest BCUT2D eigenvalue weighted by molar-refractivity contribution is 6.01. The highest BCUT2D eigenvalue weighted by Crippen LogP contribution is 2.23. The molecule has 1 rings (SSSR count). The van der Waals surface area contributed by atoms with Crippen molar-refractivity contribution in [3.8, 4) is 0 Å². The Hall–Kier alpha value is -2.89. The zero-order valence-electron chi connectivity index (χ0n) is 16.9. The Morgan fingerprint density at radius 3 is 2.36 bits per heavy atom. The fourth-order valence-electron chi connectivity index (χ4n) is 2.33. The Bertz CT molecular complexity index is 862. The molecule has 1 aromatic rings. The van der Waals surface area contributed by atoms with Crippen LogP contribution in [-0.2, 0) is 0 Å². The molecule has 3 nitrogen and oxygen atoms in total. The van der Waals surface area contributed by atoms with Crippen molar-refractivity contribution in [2.45, 2.75) is 40.3 Å². The van der Waals surface area contributed by atoms with Gasteiger partial charge < -0.3 is 5.32 Å². The lowest BCUT2D eigenvalue weighted by atomic mass is 9.99. The quantitative estimate of drug-likeness (QED) is 0.339. The van der Waals surface area contributed by atoms with Crippen molar-refractivity contribution in [3.63, 3.8) is 0 Å². The summed E-state index contributed by atoms with van der Waals surface area (Å²) in [5.74, 6) is -1.79. The van der Waals surface area contributed by atoms with Gasteiger partial charge in [-0.3, -0.25) is 10.4 Å². The van der Waals surface area contributed by atoms with E-state index in [0.717, 1.165) is 12.1 Å². The van der Waals surface area contributed by atoms with Gasteiger partial charge in [0.2, 0.25) is 0 Å².